The minimum atomic E-state index is -4.43. The van der Waals surface area contributed by atoms with Gasteiger partial charge in [0.05, 0.1) is 17.1 Å². The van der Waals surface area contributed by atoms with E-state index in [4.69, 9.17) is 5.73 Å². The van der Waals surface area contributed by atoms with Gasteiger partial charge in [-0.1, -0.05) is 0 Å². The van der Waals surface area contributed by atoms with Crippen molar-refractivity contribution in [1.82, 2.24) is 24.5 Å². The lowest BCUT2D eigenvalue weighted by molar-refractivity contribution is -0.141. The first-order valence-electron chi connectivity index (χ1n) is 10.2. The first-order valence-corrected chi connectivity index (χ1v) is 10.2. The molecule has 2 aliphatic rings. The molecule has 0 spiro atoms. The molecule has 3 aromatic heterocycles. The molecule has 10 heteroatoms. The highest BCUT2D eigenvalue weighted by atomic mass is 19.4. The number of rotatable bonds is 3. The van der Waals surface area contributed by atoms with Crippen LogP contribution < -0.4 is 5.73 Å². The third-order valence-corrected chi connectivity index (χ3v) is 5.43. The van der Waals surface area contributed by atoms with E-state index in [1.165, 1.54) is 29.8 Å². The van der Waals surface area contributed by atoms with Crippen LogP contribution in [0, 0.1) is 0 Å². The standard InChI is InChI=1S/C13H12F3N3.C8H11N3O/c14-13(15,16)12-7-10(5-6-17-12)19-8-9-3-1-2-4-11(9)18-19;1-11-7(8(9)12)4-6(10-11)5-2-3-5/h5-8H,1-4H2;4-5H,2-3H2,1H3,(H2,9,12). The molecule has 0 atom stereocenters. The number of carbonyl (C=O) groups is 1. The number of hydrogen-bond donors (Lipinski definition) is 1. The summed E-state index contributed by atoms with van der Waals surface area (Å²) in [6.07, 6.45) is 5.00. The molecule has 2 aliphatic carbocycles. The second-order valence-corrected chi connectivity index (χ2v) is 7.87. The third kappa shape index (κ3) is 4.78. The van der Waals surface area contributed by atoms with Crippen LogP contribution in [0.4, 0.5) is 13.2 Å². The van der Waals surface area contributed by atoms with E-state index in [1.54, 1.807) is 17.8 Å². The maximum absolute atomic E-state index is 12.6. The highest BCUT2D eigenvalue weighted by molar-refractivity contribution is 5.91. The van der Waals surface area contributed by atoms with E-state index in [1.807, 2.05) is 6.20 Å². The van der Waals surface area contributed by atoms with E-state index in [9.17, 15) is 18.0 Å². The Morgan fingerprint density at radius 3 is 2.52 bits per heavy atom. The molecule has 0 bridgehead atoms. The van der Waals surface area contributed by atoms with Crippen LogP contribution in [0.15, 0.2) is 30.6 Å². The van der Waals surface area contributed by atoms with Crippen molar-refractivity contribution in [1.29, 1.82) is 0 Å². The van der Waals surface area contributed by atoms with Crippen LogP contribution in [-0.2, 0) is 26.1 Å². The van der Waals surface area contributed by atoms with Gasteiger partial charge in [-0.3, -0.25) is 14.5 Å². The molecule has 1 saturated carbocycles. The molecule has 3 aromatic rings. The fourth-order valence-corrected chi connectivity index (χ4v) is 3.62. The molecule has 31 heavy (non-hydrogen) atoms. The highest BCUT2D eigenvalue weighted by Gasteiger charge is 2.32. The van der Waals surface area contributed by atoms with Gasteiger partial charge in [0, 0.05) is 25.4 Å². The summed E-state index contributed by atoms with van der Waals surface area (Å²) in [7, 11) is 1.74. The predicted octanol–water partition coefficient (Wildman–Crippen LogP) is 3.56. The van der Waals surface area contributed by atoms with Crippen molar-refractivity contribution in [2.75, 3.05) is 0 Å². The Bertz CT molecular complexity index is 1070. The molecular weight excluding hydrogens is 409 g/mol. The SMILES string of the molecule is Cn1nc(C2CC2)cc1C(N)=O.FC(F)(F)c1cc(-n2cc3c(n2)CCCC3)ccn1. The molecule has 164 valence electrons. The molecule has 5 rings (SSSR count). The Balaban J connectivity index is 0.000000166. The van der Waals surface area contributed by atoms with Crippen LogP contribution >= 0.6 is 0 Å². The van der Waals surface area contributed by atoms with Gasteiger partial charge in [-0.05, 0) is 62.3 Å². The highest BCUT2D eigenvalue weighted by Crippen LogP contribution is 2.39. The first-order chi connectivity index (χ1) is 14.7. The van der Waals surface area contributed by atoms with E-state index in [0.717, 1.165) is 48.7 Å². The molecule has 3 heterocycles. The summed E-state index contributed by atoms with van der Waals surface area (Å²) >= 11 is 0. The molecule has 0 unspecified atom stereocenters. The second-order valence-electron chi connectivity index (χ2n) is 7.87. The van der Waals surface area contributed by atoms with Crippen LogP contribution in [0.25, 0.3) is 5.69 Å². The number of hydrogen-bond acceptors (Lipinski definition) is 4. The molecule has 0 aliphatic heterocycles. The quantitative estimate of drug-likeness (QED) is 0.685. The van der Waals surface area contributed by atoms with Gasteiger partial charge in [-0.15, -0.1) is 0 Å². The minimum Gasteiger partial charge on any atom is -0.364 e. The van der Waals surface area contributed by atoms with Crippen LogP contribution in [0.2, 0.25) is 0 Å². The number of pyridine rings is 1. The lowest BCUT2D eigenvalue weighted by Gasteiger charge is -2.07. The zero-order valence-corrected chi connectivity index (χ0v) is 17.1. The molecule has 7 nitrogen and oxygen atoms in total. The first kappa shape index (κ1) is 21.1. The van der Waals surface area contributed by atoms with Gasteiger partial charge < -0.3 is 5.73 Å². The van der Waals surface area contributed by atoms with Crippen LogP contribution in [-0.4, -0.2) is 30.5 Å². The number of fused-ring (bicyclic) bond motifs is 1. The second kappa shape index (κ2) is 8.16. The summed E-state index contributed by atoms with van der Waals surface area (Å²) in [5.74, 6) is 0.168. The Hall–Kier alpha value is -3.17. The van der Waals surface area contributed by atoms with Gasteiger partial charge in [0.2, 0.25) is 0 Å². The zero-order valence-electron chi connectivity index (χ0n) is 17.1. The number of nitrogens with two attached hydrogens (primary N) is 1. The summed E-state index contributed by atoms with van der Waals surface area (Å²) in [6.45, 7) is 0. The Morgan fingerprint density at radius 1 is 1.16 bits per heavy atom. The fraction of sp³-hybridized carbons (Fsp3) is 0.429. The van der Waals surface area contributed by atoms with Crippen molar-refractivity contribution >= 4 is 5.91 Å². The summed E-state index contributed by atoms with van der Waals surface area (Å²) < 4.78 is 40.9. The van der Waals surface area contributed by atoms with E-state index in [-0.39, 0.29) is 0 Å². The van der Waals surface area contributed by atoms with Gasteiger partial charge in [0.15, 0.2) is 0 Å². The number of amides is 1. The van der Waals surface area contributed by atoms with E-state index in [2.05, 4.69) is 15.2 Å². The average Bonchev–Trinajstić information content (AvgIpc) is 3.36. The molecule has 0 saturated heterocycles. The number of alkyl halides is 3. The molecule has 2 N–H and O–H groups in total. The number of halogens is 3. The van der Waals surface area contributed by atoms with Gasteiger partial charge in [0.25, 0.3) is 5.91 Å². The topological polar surface area (TPSA) is 91.6 Å². The predicted molar refractivity (Wildman–Crippen MR) is 107 cm³/mol. The summed E-state index contributed by atoms with van der Waals surface area (Å²) in [6, 6.07) is 4.35. The van der Waals surface area contributed by atoms with Crippen LogP contribution in [0.1, 0.15) is 64.7 Å². The van der Waals surface area contributed by atoms with Crippen LogP contribution in [0.5, 0.6) is 0 Å². The lowest BCUT2D eigenvalue weighted by Crippen LogP contribution is -2.15. The smallest absolute Gasteiger partial charge is 0.364 e. The van der Waals surface area contributed by atoms with Gasteiger partial charge >= 0.3 is 6.18 Å². The number of aromatic nitrogens is 5. The summed E-state index contributed by atoms with van der Waals surface area (Å²) in [5.41, 5.74) is 8.29. The number of carbonyl (C=O) groups excluding carboxylic acids is 1. The van der Waals surface area contributed by atoms with Gasteiger partial charge in [-0.2, -0.15) is 23.4 Å². The van der Waals surface area contributed by atoms with Gasteiger partial charge in [-0.25, -0.2) is 4.68 Å². The molecule has 1 amide bonds. The average molecular weight is 432 g/mol. The van der Waals surface area contributed by atoms with E-state index >= 15 is 0 Å². The lowest BCUT2D eigenvalue weighted by atomic mass is 9.99. The van der Waals surface area contributed by atoms with Crippen molar-refractivity contribution in [3.63, 3.8) is 0 Å². The van der Waals surface area contributed by atoms with Crippen LogP contribution in [0.3, 0.4) is 0 Å². The monoisotopic (exact) mass is 432 g/mol. The number of aryl methyl sites for hydroxylation is 3. The van der Waals surface area contributed by atoms with E-state index in [0.29, 0.717) is 17.3 Å². The maximum Gasteiger partial charge on any atom is 0.433 e. The molecule has 0 radical (unpaired) electrons. The Morgan fingerprint density at radius 2 is 1.90 bits per heavy atom. The Labute approximate surface area is 177 Å². The zero-order chi connectivity index (χ0) is 22.2. The molecule has 1 fully saturated rings. The minimum absolute atomic E-state index is 0.400. The fourth-order valence-electron chi connectivity index (χ4n) is 3.62. The number of nitrogens with zero attached hydrogens (tertiary/aromatic N) is 5. The van der Waals surface area contributed by atoms with Crippen molar-refractivity contribution in [3.8, 4) is 5.69 Å². The third-order valence-electron chi connectivity index (χ3n) is 5.43. The number of primary amides is 1. The van der Waals surface area contributed by atoms with Crippen molar-refractivity contribution in [2.24, 2.45) is 12.8 Å². The normalized spacial score (nSPS) is 15.7. The summed E-state index contributed by atoms with van der Waals surface area (Å²) in [4.78, 5) is 14.2. The Kier molecular flexibility index (Phi) is 5.55. The maximum atomic E-state index is 12.6. The van der Waals surface area contributed by atoms with Crippen molar-refractivity contribution in [2.45, 2.75) is 50.6 Å². The summed E-state index contributed by atoms with van der Waals surface area (Å²) in [5, 5.41) is 8.58. The van der Waals surface area contributed by atoms with E-state index < -0.39 is 17.8 Å². The van der Waals surface area contributed by atoms with Crippen molar-refractivity contribution < 1.29 is 18.0 Å². The van der Waals surface area contributed by atoms with Gasteiger partial charge in [0.1, 0.15) is 11.4 Å². The van der Waals surface area contributed by atoms with Crippen molar-refractivity contribution in [3.05, 3.63) is 58.9 Å². The molecular formula is C21H23F3N6O. The molecule has 0 aromatic carbocycles. The largest absolute Gasteiger partial charge is 0.433 e.